The van der Waals surface area contributed by atoms with Crippen molar-refractivity contribution in [3.05, 3.63) is 64.0 Å². The average Bonchev–Trinajstić information content (AvgIpc) is 2.90. The van der Waals surface area contributed by atoms with Gasteiger partial charge in [-0.3, -0.25) is 10.1 Å². The summed E-state index contributed by atoms with van der Waals surface area (Å²) in [6.07, 6.45) is 0. The minimum absolute atomic E-state index is 0.0961. The van der Waals surface area contributed by atoms with Crippen molar-refractivity contribution in [3.8, 4) is 6.07 Å². The molecule has 0 radical (unpaired) electrons. The van der Waals surface area contributed by atoms with E-state index in [0.29, 0.717) is 18.8 Å². The van der Waals surface area contributed by atoms with Crippen LogP contribution in [0, 0.1) is 28.4 Å². The number of hydrogen-bond acceptors (Lipinski definition) is 5. The fourth-order valence-electron chi connectivity index (χ4n) is 2.68. The van der Waals surface area contributed by atoms with Gasteiger partial charge in [0.1, 0.15) is 11.5 Å². The monoisotopic (exact) mass is 321 g/mol. The molecule has 120 valence electrons. The van der Waals surface area contributed by atoms with Crippen LogP contribution in [0.3, 0.4) is 0 Å². The normalized spacial score (nSPS) is 10.5. The molecule has 1 N–H and O–H groups in total. The molecule has 0 saturated carbocycles. The lowest BCUT2D eigenvalue weighted by Crippen LogP contribution is -2.12. The SMILES string of the molecule is Cc1nc2ccccc2n1CCNc1ccc(C#N)cc1[N+](=O)[O-]. The predicted octanol–water partition coefficient (Wildman–Crippen LogP) is 3.24. The average molecular weight is 321 g/mol. The van der Waals surface area contributed by atoms with Crippen molar-refractivity contribution in [2.45, 2.75) is 13.5 Å². The van der Waals surface area contributed by atoms with Gasteiger partial charge in [-0.25, -0.2) is 4.98 Å². The number of rotatable bonds is 5. The van der Waals surface area contributed by atoms with Crippen LogP contribution in [-0.4, -0.2) is 21.0 Å². The Morgan fingerprint density at radius 1 is 1.33 bits per heavy atom. The van der Waals surface area contributed by atoms with E-state index in [1.54, 1.807) is 12.1 Å². The number of hydrogen-bond donors (Lipinski definition) is 1. The van der Waals surface area contributed by atoms with Crippen molar-refractivity contribution in [1.82, 2.24) is 9.55 Å². The van der Waals surface area contributed by atoms with Gasteiger partial charge in [0, 0.05) is 19.2 Å². The van der Waals surface area contributed by atoms with Crippen LogP contribution in [0.2, 0.25) is 0 Å². The number of fused-ring (bicyclic) bond motifs is 1. The summed E-state index contributed by atoms with van der Waals surface area (Å²) >= 11 is 0. The minimum Gasteiger partial charge on any atom is -0.378 e. The zero-order valence-electron chi connectivity index (χ0n) is 13.1. The van der Waals surface area contributed by atoms with Gasteiger partial charge in [-0.2, -0.15) is 5.26 Å². The molecule has 3 rings (SSSR count). The lowest BCUT2D eigenvalue weighted by molar-refractivity contribution is -0.384. The van der Waals surface area contributed by atoms with Gasteiger partial charge in [0.05, 0.1) is 27.6 Å². The third-order valence-electron chi connectivity index (χ3n) is 3.82. The molecular weight excluding hydrogens is 306 g/mol. The molecule has 0 unspecified atom stereocenters. The predicted molar refractivity (Wildman–Crippen MR) is 90.8 cm³/mol. The van der Waals surface area contributed by atoms with Crippen molar-refractivity contribution in [2.75, 3.05) is 11.9 Å². The van der Waals surface area contributed by atoms with E-state index in [4.69, 9.17) is 5.26 Å². The van der Waals surface area contributed by atoms with Crippen molar-refractivity contribution in [2.24, 2.45) is 0 Å². The van der Waals surface area contributed by atoms with E-state index in [-0.39, 0.29) is 11.3 Å². The summed E-state index contributed by atoms with van der Waals surface area (Å²) in [6.45, 7) is 3.07. The summed E-state index contributed by atoms with van der Waals surface area (Å²) in [7, 11) is 0. The van der Waals surface area contributed by atoms with Gasteiger partial charge >= 0.3 is 0 Å². The molecule has 24 heavy (non-hydrogen) atoms. The Bertz CT molecular complexity index is 955. The molecule has 2 aromatic carbocycles. The van der Waals surface area contributed by atoms with Gasteiger partial charge in [-0.05, 0) is 31.2 Å². The number of aromatic nitrogens is 2. The van der Waals surface area contributed by atoms with E-state index in [0.717, 1.165) is 16.9 Å². The first kappa shape index (κ1) is 15.5. The molecule has 0 aliphatic heterocycles. The molecule has 0 aliphatic carbocycles. The summed E-state index contributed by atoms with van der Waals surface area (Å²) in [5, 5.41) is 23.1. The minimum atomic E-state index is -0.485. The van der Waals surface area contributed by atoms with Crippen LogP contribution >= 0.6 is 0 Å². The van der Waals surface area contributed by atoms with Crippen molar-refractivity contribution < 1.29 is 4.92 Å². The van der Waals surface area contributed by atoms with E-state index in [9.17, 15) is 10.1 Å². The highest BCUT2D eigenvalue weighted by Crippen LogP contribution is 2.25. The molecule has 1 heterocycles. The molecule has 0 amide bonds. The Hall–Kier alpha value is -3.40. The number of nitrogens with one attached hydrogen (secondary N) is 1. The van der Waals surface area contributed by atoms with E-state index < -0.39 is 4.92 Å². The van der Waals surface area contributed by atoms with Gasteiger partial charge in [0.15, 0.2) is 0 Å². The van der Waals surface area contributed by atoms with Gasteiger partial charge < -0.3 is 9.88 Å². The maximum atomic E-state index is 11.2. The first-order chi connectivity index (χ1) is 11.6. The van der Waals surface area contributed by atoms with Crippen molar-refractivity contribution in [1.29, 1.82) is 5.26 Å². The maximum absolute atomic E-state index is 11.2. The Kier molecular flexibility index (Phi) is 4.12. The van der Waals surface area contributed by atoms with Crippen LogP contribution < -0.4 is 5.32 Å². The number of nitro benzene ring substituents is 1. The second-order valence-electron chi connectivity index (χ2n) is 5.33. The number of nitrogens with zero attached hydrogens (tertiary/aromatic N) is 4. The summed E-state index contributed by atoms with van der Waals surface area (Å²) in [6, 6.07) is 14.2. The fourth-order valence-corrected chi connectivity index (χ4v) is 2.68. The molecule has 1 aromatic heterocycles. The molecule has 3 aromatic rings. The van der Waals surface area contributed by atoms with Crippen LogP contribution in [0.15, 0.2) is 42.5 Å². The molecule has 0 aliphatic rings. The van der Waals surface area contributed by atoms with E-state index in [2.05, 4.69) is 14.9 Å². The molecule has 0 spiro atoms. The van der Waals surface area contributed by atoms with Crippen LogP contribution in [-0.2, 0) is 6.54 Å². The number of anilines is 1. The zero-order valence-corrected chi connectivity index (χ0v) is 13.1. The lowest BCUT2D eigenvalue weighted by atomic mass is 10.2. The number of benzene rings is 2. The highest BCUT2D eigenvalue weighted by Gasteiger charge is 2.14. The smallest absolute Gasteiger partial charge is 0.293 e. The van der Waals surface area contributed by atoms with Gasteiger partial charge in [-0.1, -0.05) is 12.1 Å². The molecule has 7 heteroatoms. The third kappa shape index (κ3) is 2.90. The fraction of sp³-hybridized carbons (Fsp3) is 0.176. The summed E-state index contributed by atoms with van der Waals surface area (Å²) in [4.78, 5) is 15.2. The summed E-state index contributed by atoms with van der Waals surface area (Å²) in [5.41, 5.74) is 2.54. The third-order valence-corrected chi connectivity index (χ3v) is 3.82. The van der Waals surface area contributed by atoms with E-state index in [1.165, 1.54) is 6.07 Å². The van der Waals surface area contributed by atoms with Crippen molar-refractivity contribution in [3.63, 3.8) is 0 Å². The second kappa shape index (κ2) is 6.38. The Balaban J connectivity index is 1.78. The van der Waals surface area contributed by atoms with Crippen molar-refractivity contribution >= 4 is 22.4 Å². The molecule has 0 bridgehead atoms. The standard InChI is InChI=1S/C17H15N5O2/c1-12-20-15-4-2-3-5-16(15)21(12)9-8-19-14-7-6-13(11-18)10-17(14)22(23)24/h2-7,10,19H,8-9H2,1H3. The quantitative estimate of drug-likeness (QED) is 0.575. The molecular formula is C17H15N5O2. The zero-order chi connectivity index (χ0) is 17.1. The van der Waals surface area contributed by atoms with Crippen LogP contribution in [0.4, 0.5) is 11.4 Å². The molecule has 0 fully saturated rings. The van der Waals surface area contributed by atoms with E-state index >= 15 is 0 Å². The Morgan fingerprint density at radius 2 is 2.12 bits per heavy atom. The van der Waals surface area contributed by atoms with Gasteiger partial charge in [0.2, 0.25) is 0 Å². The topological polar surface area (TPSA) is 96.8 Å². The largest absolute Gasteiger partial charge is 0.378 e. The summed E-state index contributed by atoms with van der Waals surface area (Å²) in [5.74, 6) is 0.896. The molecule has 0 saturated heterocycles. The van der Waals surface area contributed by atoms with Crippen LogP contribution in [0.25, 0.3) is 11.0 Å². The first-order valence-corrected chi connectivity index (χ1v) is 7.44. The van der Waals surface area contributed by atoms with Crippen LogP contribution in [0.5, 0.6) is 0 Å². The Labute approximate surface area is 138 Å². The number of para-hydroxylation sites is 2. The Morgan fingerprint density at radius 3 is 2.88 bits per heavy atom. The number of aryl methyl sites for hydroxylation is 1. The highest BCUT2D eigenvalue weighted by molar-refractivity contribution is 5.75. The maximum Gasteiger partial charge on any atom is 0.293 e. The second-order valence-corrected chi connectivity index (χ2v) is 5.33. The van der Waals surface area contributed by atoms with Gasteiger partial charge in [0.25, 0.3) is 5.69 Å². The van der Waals surface area contributed by atoms with Gasteiger partial charge in [-0.15, -0.1) is 0 Å². The molecule has 0 atom stereocenters. The number of nitriles is 1. The first-order valence-electron chi connectivity index (χ1n) is 7.44. The molecule has 7 nitrogen and oxygen atoms in total. The van der Waals surface area contributed by atoms with E-state index in [1.807, 2.05) is 37.3 Å². The van der Waals surface area contributed by atoms with Crippen LogP contribution in [0.1, 0.15) is 11.4 Å². The number of nitro groups is 1. The summed E-state index contributed by atoms with van der Waals surface area (Å²) < 4.78 is 2.07. The lowest BCUT2D eigenvalue weighted by Gasteiger charge is -2.10. The highest BCUT2D eigenvalue weighted by atomic mass is 16.6. The number of imidazole rings is 1.